The number of carbonyl (C=O) groups is 5. The number of nitrogens with zero attached hydrogens (tertiary/aromatic N) is 6. The molecule has 2 aromatic carbocycles. The molecule has 0 bridgehead atoms. The molecule has 1 fully saturated rings. The van der Waals surface area contributed by atoms with Crippen molar-refractivity contribution in [2.24, 2.45) is 22.9 Å². The van der Waals surface area contributed by atoms with E-state index in [2.05, 4.69) is 51.6 Å². The van der Waals surface area contributed by atoms with E-state index in [1.54, 1.807) is 36.6 Å². The van der Waals surface area contributed by atoms with Crippen LogP contribution in [0.4, 0.5) is 4.79 Å². The van der Waals surface area contributed by atoms with E-state index >= 15 is 0 Å². The molecule has 7 atom stereocenters. The number of hydrogen-bond acceptors (Lipinski definition) is 14. The van der Waals surface area contributed by atoms with Gasteiger partial charge >= 0.3 is 12.1 Å². The van der Waals surface area contributed by atoms with Gasteiger partial charge in [0.05, 0.1) is 38.4 Å². The highest BCUT2D eigenvalue weighted by Crippen LogP contribution is 2.32. The van der Waals surface area contributed by atoms with Crippen LogP contribution in [0, 0.1) is 17.8 Å². The van der Waals surface area contributed by atoms with Crippen LogP contribution >= 0.6 is 11.3 Å². The zero-order chi connectivity index (χ0) is 54.5. The van der Waals surface area contributed by atoms with Gasteiger partial charge in [-0.1, -0.05) is 109 Å². The Labute approximate surface area is 448 Å². The summed E-state index contributed by atoms with van der Waals surface area (Å²) in [5, 5.41) is 14.7. The summed E-state index contributed by atoms with van der Waals surface area (Å²) in [6, 6.07) is 14.6. The molecule has 2 heterocycles. The fourth-order valence-electron chi connectivity index (χ4n) is 8.88. The molecule has 0 aliphatic carbocycles. The average molecular weight is 1060 g/mol. The number of likely N-dealkylation sites (tertiary alicyclic amines) is 1. The van der Waals surface area contributed by atoms with Crippen LogP contribution in [0.3, 0.4) is 0 Å². The first-order valence-corrected chi connectivity index (χ1v) is 27.7. The molecule has 0 saturated carbocycles. The number of azide groups is 1. The Bertz CT molecular complexity index is 2230. The number of amides is 4. The molecule has 414 valence electrons. The van der Waals surface area contributed by atoms with Gasteiger partial charge in [0, 0.05) is 55.0 Å². The summed E-state index contributed by atoms with van der Waals surface area (Å²) in [7, 11) is 1.97. The van der Waals surface area contributed by atoms with Crippen molar-refractivity contribution in [3.05, 3.63) is 92.2 Å². The normalized spacial score (nSPS) is 16.1. The molecule has 1 aliphatic rings. The first-order chi connectivity index (χ1) is 36.2. The quantitative estimate of drug-likeness (QED) is 0.0167. The zero-order valence-corrected chi connectivity index (χ0v) is 46.3. The Hall–Kier alpha value is -5.63. The van der Waals surface area contributed by atoms with Crippen LogP contribution in [0.25, 0.3) is 10.4 Å². The number of benzene rings is 2. The molecule has 20 heteroatoms. The van der Waals surface area contributed by atoms with Crippen molar-refractivity contribution in [3.8, 4) is 5.75 Å². The summed E-state index contributed by atoms with van der Waals surface area (Å²) < 4.78 is 28.4. The predicted octanol–water partition coefficient (Wildman–Crippen LogP) is 8.82. The van der Waals surface area contributed by atoms with Crippen molar-refractivity contribution in [2.75, 3.05) is 66.3 Å². The molecule has 1 aromatic heterocycles. The van der Waals surface area contributed by atoms with Crippen molar-refractivity contribution in [2.45, 2.75) is 143 Å². The molecule has 1 aliphatic heterocycles. The number of carbonyl (C=O) groups excluding carboxylic acids is 5. The minimum absolute atomic E-state index is 0.0277. The van der Waals surface area contributed by atoms with Gasteiger partial charge in [-0.3, -0.25) is 24.1 Å². The van der Waals surface area contributed by atoms with E-state index in [9.17, 15) is 24.0 Å². The smallest absolute Gasteiger partial charge is 0.412 e. The predicted molar refractivity (Wildman–Crippen MR) is 289 cm³/mol. The van der Waals surface area contributed by atoms with E-state index in [0.29, 0.717) is 56.6 Å². The van der Waals surface area contributed by atoms with Crippen LogP contribution in [-0.2, 0) is 46.4 Å². The van der Waals surface area contributed by atoms with Gasteiger partial charge in [-0.25, -0.2) is 9.78 Å². The summed E-state index contributed by atoms with van der Waals surface area (Å²) in [5.74, 6) is -1.34. The Balaban J connectivity index is 1.48. The Kier molecular flexibility index (Phi) is 28.2. The Morgan fingerprint density at radius 3 is 2.29 bits per heavy atom. The maximum absolute atomic E-state index is 14.8. The summed E-state index contributed by atoms with van der Waals surface area (Å²) in [6.45, 7) is 17.7. The van der Waals surface area contributed by atoms with Crippen molar-refractivity contribution < 1.29 is 47.7 Å². The fourth-order valence-corrected chi connectivity index (χ4v) is 9.74. The molecule has 1 saturated heterocycles. The lowest BCUT2D eigenvalue weighted by Gasteiger charge is -2.40. The first kappa shape index (κ1) is 61.9. The first-order valence-electron chi connectivity index (χ1n) is 26.8. The maximum atomic E-state index is 14.8. The van der Waals surface area contributed by atoms with Gasteiger partial charge in [0.2, 0.25) is 11.8 Å². The number of likely N-dealkylation sites (N-methyl/N-ethyl adjacent to an activating group) is 1. The molecule has 0 spiro atoms. The fraction of sp³-hybridized carbons (Fsp3) is 0.636. The van der Waals surface area contributed by atoms with Crippen molar-refractivity contribution in [1.29, 1.82) is 0 Å². The number of esters is 1. The molecule has 3 N–H and O–H groups in total. The number of nitrogens with one attached hydrogen (secondary N) is 3. The van der Waals surface area contributed by atoms with E-state index in [1.165, 1.54) is 11.3 Å². The average Bonchev–Trinajstić information content (AvgIpc) is 3.91. The molecular formula is C55H83N9O10S. The highest BCUT2D eigenvalue weighted by Gasteiger charge is 2.38. The van der Waals surface area contributed by atoms with Crippen LogP contribution in [0.5, 0.6) is 5.75 Å². The second-order valence-electron chi connectivity index (χ2n) is 19.6. The van der Waals surface area contributed by atoms with E-state index in [0.717, 1.165) is 56.2 Å². The molecule has 3 aromatic rings. The zero-order valence-electron chi connectivity index (χ0n) is 45.5. The number of hydrogen-bond donors (Lipinski definition) is 3. The van der Waals surface area contributed by atoms with Crippen LogP contribution < -0.4 is 20.7 Å². The molecular weight excluding hydrogens is 979 g/mol. The Morgan fingerprint density at radius 1 is 0.893 bits per heavy atom. The molecule has 4 amide bonds. The monoisotopic (exact) mass is 1060 g/mol. The number of piperidine rings is 1. The second kappa shape index (κ2) is 34.1. The van der Waals surface area contributed by atoms with Crippen molar-refractivity contribution >= 4 is 41.1 Å². The van der Waals surface area contributed by atoms with E-state index in [4.69, 9.17) is 34.2 Å². The topological polar surface area (TPSA) is 236 Å². The molecule has 0 radical (unpaired) electrons. The Morgan fingerprint density at radius 2 is 1.63 bits per heavy atom. The summed E-state index contributed by atoms with van der Waals surface area (Å²) in [6.07, 6.45) is 4.84. The summed E-state index contributed by atoms with van der Waals surface area (Å²) in [5.41, 5.74) is 10.2. The van der Waals surface area contributed by atoms with E-state index in [-0.39, 0.29) is 74.2 Å². The second-order valence-corrected chi connectivity index (χ2v) is 20.5. The third kappa shape index (κ3) is 21.5. The standard InChI is InChI=1S/C55H83N9O10S/c1-9-26-64(53(67)49(39(6)11-3)61-51(66)46-19-15-16-27-63(46)8)47(38(4)5)35-48(72-28-10-2)52-60-45(37-75-52)50(65)59-43(33-40(7)54(68)73-36-42-17-13-12-14-18-42)34-41-20-22-44(23-21-41)74-55(69)57-24-29-70-31-32-71-30-25-58-62-56/h12-14,17-18,20-23,37-40,43,46-49H,9-11,15-16,19,24-36H2,1-8H3,(H,57,69)(H,59,65)(H,61,66)/t39-,40-,43+,46+,47+,48+,49-/m0/s1. The van der Waals surface area contributed by atoms with Gasteiger partial charge in [-0.15, -0.1) is 11.3 Å². The minimum atomic E-state index is -0.687. The van der Waals surface area contributed by atoms with E-state index in [1.807, 2.05) is 63.1 Å². The summed E-state index contributed by atoms with van der Waals surface area (Å²) >= 11 is 1.33. The van der Waals surface area contributed by atoms with Gasteiger partial charge in [-0.2, -0.15) is 0 Å². The highest BCUT2D eigenvalue weighted by molar-refractivity contribution is 7.09. The van der Waals surface area contributed by atoms with E-state index < -0.39 is 42.1 Å². The van der Waals surface area contributed by atoms with Crippen molar-refractivity contribution in [3.63, 3.8) is 0 Å². The van der Waals surface area contributed by atoms with Gasteiger partial charge < -0.3 is 44.5 Å². The molecule has 75 heavy (non-hydrogen) atoms. The number of ether oxygens (including phenoxy) is 5. The number of thiazole rings is 1. The van der Waals surface area contributed by atoms with Crippen molar-refractivity contribution in [1.82, 2.24) is 30.7 Å². The third-order valence-electron chi connectivity index (χ3n) is 13.3. The number of aromatic nitrogens is 1. The van der Waals surface area contributed by atoms with Gasteiger partial charge in [-0.05, 0) is 92.7 Å². The number of rotatable bonds is 34. The summed E-state index contributed by atoms with van der Waals surface area (Å²) in [4.78, 5) is 80.3. The SMILES string of the molecule is CCCO[C@H](C[C@H](C(C)C)N(CCC)C(=O)[C@@H](NC(=O)[C@H]1CCCCN1C)[C@@H](C)CC)c1nc(C(=O)N[C@@H](Cc2ccc(OC(=O)NCCOCCOCCN=[N+]=[N-])cc2)C[C@H](C)C(=O)OCc2ccccc2)cs1. The van der Waals surface area contributed by atoms with Gasteiger partial charge in [0.15, 0.2) is 0 Å². The lowest BCUT2D eigenvalue weighted by molar-refractivity contribution is -0.149. The van der Waals surface area contributed by atoms with Crippen LogP contribution in [-0.4, -0.2) is 135 Å². The van der Waals surface area contributed by atoms with Crippen LogP contribution in [0.15, 0.2) is 65.1 Å². The largest absolute Gasteiger partial charge is 0.461 e. The lowest BCUT2D eigenvalue weighted by Crippen LogP contribution is -2.58. The third-order valence-corrected chi connectivity index (χ3v) is 14.2. The maximum Gasteiger partial charge on any atom is 0.412 e. The molecule has 19 nitrogen and oxygen atoms in total. The molecule has 4 rings (SSSR count). The van der Waals surface area contributed by atoms with Crippen LogP contribution in [0.2, 0.25) is 0 Å². The van der Waals surface area contributed by atoms with Gasteiger partial charge in [0.1, 0.15) is 35.2 Å². The van der Waals surface area contributed by atoms with Gasteiger partial charge in [0.25, 0.3) is 5.91 Å². The minimum Gasteiger partial charge on any atom is -0.461 e. The highest BCUT2D eigenvalue weighted by atomic mass is 32.1. The molecule has 0 unspecified atom stereocenters. The lowest BCUT2D eigenvalue weighted by atomic mass is 9.92. The van der Waals surface area contributed by atoms with Crippen LogP contribution in [0.1, 0.15) is 133 Å².